The normalized spacial score (nSPS) is 54.8. The van der Waals surface area contributed by atoms with Crippen molar-refractivity contribution in [2.75, 3.05) is 0 Å². The van der Waals surface area contributed by atoms with Crippen LogP contribution in [-0.2, 0) is 0 Å². The van der Waals surface area contributed by atoms with Crippen molar-refractivity contribution in [3.63, 3.8) is 0 Å². The Labute approximate surface area is 121 Å². The van der Waals surface area contributed by atoms with Crippen molar-refractivity contribution in [2.24, 2.45) is 5.92 Å². The van der Waals surface area contributed by atoms with Gasteiger partial charge in [-0.1, -0.05) is 0 Å². The van der Waals surface area contributed by atoms with Gasteiger partial charge in [0.15, 0.2) is 6.17 Å². The van der Waals surface area contributed by atoms with Crippen molar-refractivity contribution >= 4 is 0 Å². The highest BCUT2D eigenvalue weighted by Crippen LogP contribution is 2.84. The fourth-order valence-corrected chi connectivity index (χ4v) is 3.77. The lowest BCUT2D eigenvalue weighted by Crippen LogP contribution is -3.03. The van der Waals surface area contributed by atoms with Crippen LogP contribution >= 0.6 is 0 Å². The van der Waals surface area contributed by atoms with E-state index in [-0.39, 0.29) is 0 Å². The highest BCUT2D eigenvalue weighted by Gasteiger charge is 3.15. The number of halogens is 14. The molecule has 0 aliphatic heterocycles. The Bertz CT molecular complexity index is 579. The minimum absolute atomic E-state index is 5.14. The summed E-state index contributed by atoms with van der Waals surface area (Å²) in [5, 5.41) is 0. The Balaban J connectivity index is 2.58. The predicted molar refractivity (Wildman–Crippen MR) is 44.6 cm³/mol. The molecule has 24 heavy (non-hydrogen) atoms. The molecule has 3 unspecified atom stereocenters. The summed E-state index contributed by atoms with van der Waals surface area (Å²) in [6, 6.07) is 0. The second-order valence-electron chi connectivity index (χ2n) is 5.88. The summed E-state index contributed by atoms with van der Waals surface area (Å²) in [4.78, 5) is 0. The van der Waals surface area contributed by atoms with E-state index in [9.17, 15) is 61.5 Å². The van der Waals surface area contributed by atoms with Crippen LogP contribution in [0.1, 0.15) is 0 Å². The number of rotatable bonds is 0. The fourth-order valence-electron chi connectivity index (χ4n) is 3.77. The highest BCUT2D eigenvalue weighted by atomic mass is 19.3. The summed E-state index contributed by atoms with van der Waals surface area (Å²) in [6.07, 6.45) is -5.24. The molecule has 0 amide bonds. The molecular formula is C10H2F14. The fraction of sp³-hybridized carbons (Fsp3) is 1.00. The molecule has 0 aromatic carbocycles. The van der Waals surface area contributed by atoms with Crippen LogP contribution in [-0.4, -0.2) is 52.8 Å². The molecule has 0 spiro atoms. The SMILES string of the molecule is FC1C2C(F)(F)[C@@]3(F)C(F)(F)C1(F)C(F)(F)[C@@](F)(C2(F)F)C3(F)F. The largest absolute Gasteiger partial charge is 0.339 e. The maximum absolute atomic E-state index is 14.0. The van der Waals surface area contributed by atoms with Crippen LogP contribution in [0.4, 0.5) is 61.5 Å². The third kappa shape index (κ3) is 0.974. The molecule has 4 rings (SSSR count). The van der Waals surface area contributed by atoms with E-state index in [4.69, 9.17) is 0 Å². The molecule has 4 bridgehead atoms. The number of alkyl halides is 14. The van der Waals surface area contributed by atoms with E-state index in [2.05, 4.69) is 0 Å². The van der Waals surface area contributed by atoms with E-state index in [1.165, 1.54) is 0 Å². The van der Waals surface area contributed by atoms with Crippen LogP contribution in [0.3, 0.4) is 0 Å². The summed E-state index contributed by atoms with van der Waals surface area (Å²) in [5.41, 5.74) is -21.0. The van der Waals surface area contributed by atoms with Gasteiger partial charge in [-0.05, 0) is 0 Å². The lowest BCUT2D eigenvalue weighted by molar-refractivity contribution is -0.563. The van der Waals surface area contributed by atoms with Crippen LogP contribution in [0.15, 0.2) is 0 Å². The maximum atomic E-state index is 14.0. The molecule has 0 N–H and O–H groups in total. The van der Waals surface area contributed by atoms with Gasteiger partial charge in [0.1, 0.15) is 5.92 Å². The summed E-state index contributed by atoms with van der Waals surface area (Å²) in [6.45, 7) is 0. The summed E-state index contributed by atoms with van der Waals surface area (Å²) >= 11 is 0. The van der Waals surface area contributed by atoms with Crippen molar-refractivity contribution in [3.8, 4) is 0 Å². The molecule has 4 aliphatic rings. The molecule has 0 aromatic heterocycles. The number of hydrogen-bond donors (Lipinski definition) is 0. The Morgan fingerprint density at radius 3 is 1.04 bits per heavy atom. The average molecular weight is 388 g/mol. The molecule has 5 atom stereocenters. The highest BCUT2D eigenvalue weighted by molar-refractivity contribution is 5.47. The van der Waals surface area contributed by atoms with E-state index in [0.29, 0.717) is 0 Å². The molecule has 0 nitrogen and oxygen atoms in total. The summed E-state index contributed by atoms with van der Waals surface area (Å²) < 4.78 is 192. The maximum Gasteiger partial charge on any atom is 0.339 e. The molecule has 0 heterocycles. The van der Waals surface area contributed by atoms with E-state index in [0.717, 1.165) is 0 Å². The minimum Gasteiger partial charge on any atom is -0.243 e. The molecule has 4 aliphatic carbocycles. The molecule has 0 radical (unpaired) electrons. The Morgan fingerprint density at radius 1 is 0.458 bits per heavy atom. The average Bonchev–Trinajstić information content (AvgIpc) is 2.38. The van der Waals surface area contributed by atoms with Crippen LogP contribution in [0.2, 0.25) is 0 Å². The zero-order valence-corrected chi connectivity index (χ0v) is 10.4. The zero-order chi connectivity index (χ0) is 19.2. The van der Waals surface area contributed by atoms with Gasteiger partial charge in [0.25, 0.3) is 5.67 Å². The Morgan fingerprint density at radius 2 is 0.750 bits per heavy atom. The van der Waals surface area contributed by atoms with Gasteiger partial charge in [-0.2, -0.15) is 26.3 Å². The lowest BCUT2D eigenvalue weighted by Gasteiger charge is -2.70. The first-order valence-electron chi connectivity index (χ1n) is 5.87. The molecule has 0 saturated heterocycles. The second-order valence-corrected chi connectivity index (χ2v) is 5.88. The summed E-state index contributed by atoms with van der Waals surface area (Å²) in [7, 11) is 0. The monoisotopic (exact) mass is 388 g/mol. The first-order chi connectivity index (χ1) is 10.3. The topological polar surface area (TPSA) is 0 Å². The smallest absolute Gasteiger partial charge is 0.243 e. The van der Waals surface area contributed by atoms with Crippen molar-refractivity contribution in [1.29, 1.82) is 0 Å². The molecule has 4 fully saturated rings. The van der Waals surface area contributed by atoms with Crippen molar-refractivity contribution in [1.82, 2.24) is 0 Å². The number of hydrogen-bond acceptors (Lipinski definition) is 0. The second kappa shape index (κ2) is 3.46. The van der Waals surface area contributed by atoms with E-state index in [1.54, 1.807) is 0 Å². The van der Waals surface area contributed by atoms with Crippen molar-refractivity contribution in [3.05, 3.63) is 0 Å². The molecule has 140 valence electrons. The van der Waals surface area contributed by atoms with Gasteiger partial charge in [-0.25, -0.2) is 35.1 Å². The van der Waals surface area contributed by atoms with Crippen LogP contribution in [0, 0.1) is 5.92 Å². The quantitative estimate of drug-likeness (QED) is 0.544. The van der Waals surface area contributed by atoms with Gasteiger partial charge in [-0.15, -0.1) is 0 Å². The van der Waals surface area contributed by atoms with Crippen molar-refractivity contribution < 1.29 is 61.5 Å². The minimum atomic E-state index is -7.47. The van der Waals surface area contributed by atoms with E-state index >= 15 is 0 Å². The summed E-state index contributed by atoms with van der Waals surface area (Å²) in [5.74, 6) is -40.6. The third-order valence-electron chi connectivity index (χ3n) is 5.02. The molecule has 14 heteroatoms. The third-order valence-corrected chi connectivity index (χ3v) is 5.02. The molecule has 0 aromatic rings. The molecular weight excluding hydrogens is 386 g/mol. The van der Waals surface area contributed by atoms with Gasteiger partial charge < -0.3 is 0 Å². The standard InChI is InChI=1S/C10H2F14/c11-2-1-4(13,14)6(17)8(19,20)3(2,12)9(21,22)7(18,5(1,15)16)10(6,23)24/h1-2H/t1?,2?,3?,6-,7+. The predicted octanol–water partition coefficient (Wildman–Crippen LogP) is 4.28. The van der Waals surface area contributed by atoms with Crippen LogP contribution in [0.5, 0.6) is 0 Å². The van der Waals surface area contributed by atoms with E-state index < -0.39 is 58.7 Å². The van der Waals surface area contributed by atoms with Gasteiger partial charge in [-0.3, -0.25) is 0 Å². The first kappa shape index (κ1) is 17.8. The van der Waals surface area contributed by atoms with Crippen LogP contribution in [0.25, 0.3) is 0 Å². The van der Waals surface area contributed by atoms with Gasteiger partial charge >= 0.3 is 41.0 Å². The van der Waals surface area contributed by atoms with Gasteiger partial charge in [0.05, 0.1) is 0 Å². The van der Waals surface area contributed by atoms with Crippen molar-refractivity contribution in [2.45, 2.75) is 52.8 Å². The first-order valence-corrected chi connectivity index (χ1v) is 5.87. The zero-order valence-electron chi connectivity index (χ0n) is 10.4. The van der Waals surface area contributed by atoms with Gasteiger partial charge in [0.2, 0.25) is 0 Å². The lowest BCUT2D eigenvalue weighted by atomic mass is 9.43. The Kier molecular flexibility index (Phi) is 2.57. The van der Waals surface area contributed by atoms with E-state index in [1.807, 2.05) is 0 Å². The van der Waals surface area contributed by atoms with Gasteiger partial charge in [0, 0.05) is 0 Å². The Hall–Kier alpha value is -0.980. The van der Waals surface area contributed by atoms with Crippen LogP contribution < -0.4 is 0 Å². The molecule has 4 saturated carbocycles.